The van der Waals surface area contributed by atoms with Gasteiger partial charge in [0.05, 0.1) is 25.9 Å². The van der Waals surface area contributed by atoms with Crippen LogP contribution in [0.2, 0.25) is 0 Å². The predicted octanol–water partition coefficient (Wildman–Crippen LogP) is 1.71. The van der Waals surface area contributed by atoms with Gasteiger partial charge in [0.25, 0.3) is 0 Å². The van der Waals surface area contributed by atoms with E-state index in [4.69, 9.17) is 13.6 Å². The molecule has 0 aliphatic carbocycles. The minimum atomic E-state index is -3.32. The van der Waals surface area contributed by atoms with Crippen molar-refractivity contribution >= 4 is 7.82 Å². The van der Waals surface area contributed by atoms with Gasteiger partial charge in [0.2, 0.25) is 0 Å². The molecule has 1 N–H and O–H groups in total. The molecule has 1 unspecified atom stereocenters. The molecule has 0 radical (unpaired) electrons. The van der Waals surface area contributed by atoms with Gasteiger partial charge in [0.1, 0.15) is 0 Å². The average Bonchev–Trinajstić information content (AvgIpc) is 2.60. The minimum absolute atomic E-state index is 0.0112. The summed E-state index contributed by atoms with van der Waals surface area (Å²) in [5, 5.41) is 9.40. The van der Waals surface area contributed by atoms with Crippen LogP contribution >= 0.6 is 7.82 Å². The molecule has 0 aromatic heterocycles. The molecule has 1 fully saturated rings. The first-order valence-electron chi connectivity index (χ1n) is 4.88. The number of aliphatic hydroxyl groups excluding tert-OH is 1. The fourth-order valence-electron chi connectivity index (χ4n) is 1.11. The lowest BCUT2D eigenvalue weighted by atomic mass is 10.2. The van der Waals surface area contributed by atoms with Gasteiger partial charge in [-0.05, 0) is 6.42 Å². The number of aliphatic hydroxyl groups is 1. The molecule has 0 spiro atoms. The third kappa shape index (κ3) is 4.07. The van der Waals surface area contributed by atoms with Crippen molar-refractivity contribution in [3.05, 3.63) is 0 Å². The molecule has 5 nitrogen and oxygen atoms in total. The second kappa shape index (κ2) is 5.83. The summed E-state index contributed by atoms with van der Waals surface area (Å²) in [6, 6.07) is 0. The van der Waals surface area contributed by atoms with Crippen molar-refractivity contribution in [3.63, 3.8) is 0 Å². The molecule has 1 rings (SSSR count). The third-order valence-electron chi connectivity index (χ3n) is 1.90. The summed E-state index contributed by atoms with van der Waals surface area (Å²) >= 11 is 0. The molecule has 14 heavy (non-hydrogen) atoms. The Morgan fingerprint density at radius 3 is 2.71 bits per heavy atom. The maximum absolute atomic E-state index is 11.4. The molecule has 1 heterocycles. The maximum Gasteiger partial charge on any atom is 0.475 e. The molecule has 0 aromatic rings. The van der Waals surface area contributed by atoms with Crippen LogP contribution in [-0.4, -0.2) is 31.0 Å². The Labute approximate surface area is 84.0 Å². The summed E-state index contributed by atoms with van der Waals surface area (Å²) in [4.78, 5) is 0. The van der Waals surface area contributed by atoms with Gasteiger partial charge in [-0.3, -0.25) is 13.6 Å². The lowest BCUT2D eigenvalue weighted by Crippen LogP contribution is -2.14. The van der Waals surface area contributed by atoms with Gasteiger partial charge in [-0.25, -0.2) is 4.57 Å². The number of rotatable bonds is 6. The Morgan fingerprint density at radius 1 is 1.50 bits per heavy atom. The number of phosphoric ester groups is 1. The van der Waals surface area contributed by atoms with E-state index in [2.05, 4.69) is 0 Å². The minimum Gasteiger partial charge on any atom is -0.391 e. The zero-order valence-electron chi connectivity index (χ0n) is 8.35. The van der Waals surface area contributed by atoms with Crippen LogP contribution in [0.3, 0.4) is 0 Å². The van der Waals surface area contributed by atoms with Crippen molar-refractivity contribution in [3.8, 4) is 0 Å². The Balaban J connectivity index is 2.15. The van der Waals surface area contributed by atoms with E-state index in [0.717, 1.165) is 12.8 Å². The van der Waals surface area contributed by atoms with Crippen LogP contribution in [0.25, 0.3) is 0 Å². The number of hydrogen-bond donors (Lipinski definition) is 1. The smallest absolute Gasteiger partial charge is 0.391 e. The van der Waals surface area contributed by atoms with Gasteiger partial charge in [-0.2, -0.15) is 0 Å². The van der Waals surface area contributed by atoms with Gasteiger partial charge in [-0.15, -0.1) is 0 Å². The third-order valence-corrected chi connectivity index (χ3v) is 3.36. The molecular weight excluding hydrogens is 207 g/mol. The average molecular weight is 224 g/mol. The topological polar surface area (TPSA) is 65.0 Å². The molecule has 1 aliphatic heterocycles. The first-order valence-corrected chi connectivity index (χ1v) is 6.34. The molecule has 84 valence electrons. The van der Waals surface area contributed by atoms with E-state index in [9.17, 15) is 9.67 Å². The zero-order chi connectivity index (χ0) is 10.4. The first kappa shape index (κ1) is 12.1. The van der Waals surface area contributed by atoms with Gasteiger partial charge >= 0.3 is 7.82 Å². The summed E-state index contributed by atoms with van der Waals surface area (Å²) in [7, 11) is -3.32. The highest BCUT2D eigenvalue weighted by Crippen LogP contribution is 2.52. The van der Waals surface area contributed by atoms with Crippen LogP contribution in [-0.2, 0) is 18.1 Å². The molecular formula is C8H17O5P. The highest BCUT2D eigenvalue weighted by atomic mass is 31.2. The van der Waals surface area contributed by atoms with Crippen molar-refractivity contribution in [2.75, 3.05) is 19.8 Å². The highest BCUT2D eigenvalue weighted by molar-refractivity contribution is 7.48. The Hall–Kier alpha value is 0.0700. The van der Waals surface area contributed by atoms with Gasteiger partial charge in [0.15, 0.2) is 0 Å². The van der Waals surface area contributed by atoms with Crippen molar-refractivity contribution in [1.29, 1.82) is 0 Å². The van der Waals surface area contributed by atoms with E-state index in [1.54, 1.807) is 0 Å². The SMILES string of the molecule is CCCCC(O)COP1(=O)OCCO1. The van der Waals surface area contributed by atoms with Gasteiger partial charge < -0.3 is 5.11 Å². The fourth-order valence-corrected chi connectivity index (χ4v) is 2.28. The van der Waals surface area contributed by atoms with Crippen molar-refractivity contribution in [2.24, 2.45) is 0 Å². The van der Waals surface area contributed by atoms with Crippen LogP contribution in [0.4, 0.5) is 0 Å². The second-order valence-electron chi connectivity index (χ2n) is 3.21. The Kier molecular flexibility index (Phi) is 5.06. The van der Waals surface area contributed by atoms with E-state index >= 15 is 0 Å². The largest absolute Gasteiger partial charge is 0.475 e. The van der Waals surface area contributed by atoms with Crippen LogP contribution in [0, 0.1) is 0 Å². The van der Waals surface area contributed by atoms with Crippen LogP contribution in [0.15, 0.2) is 0 Å². The number of unbranched alkanes of at least 4 members (excludes halogenated alkanes) is 1. The van der Waals surface area contributed by atoms with E-state index in [1.807, 2.05) is 6.92 Å². The predicted molar refractivity (Wildman–Crippen MR) is 51.0 cm³/mol. The summed E-state index contributed by atoms with van der Waals surface area (Å²) in [5.74, 6) is 0. The van der Waals surface area contributed by atoms with Crippen LogP contribution in [0.1, 0.15) is 26.2 Å². The molecule has 0 bridgehead atoms. The van der Waals surface area contributed by atoms with E-state index in [1.165, 1.54) is 0 Å². The lowest BCUT2D eigenvalue weighted by molar-refractivity contribution is 0.0770. The van der Waals surface area contributed by atoms with Gasteiger partial charge in [-0.1, -0.05) is 19.8 Å². The maximum atomic E-state index is 11.4. The monoisotopic (exact) mass is 224 g/mol. The zero-order valence-corrected chi connectivity index (χ0v) is 9.24. The molecule has 1 atom stereocenters. The quantitative estimate of drug-likeness (QED) is 0.696. The Bertz CT molecular complexity index is 198. The van der Waals surface area contributed by atoms with Crippen LogP contribution < -0.4 is 0 Å². The Morgan fingerprint density at radius 2 is 2.14 bits per heavy atom. The summed E-state index contributed by atoms with van der Waals surface area (Å²) in [5.41, 5.74) is 0. The molecule has 0 amide bonds. The molecule has 0 aromatic carbocycles. The van der Waals surface area contributed by atoms with E-state index in [-0.39, 0.29) is 6.61 Å². The summed E-state index contributed by atoms with van der Waals surface area (Å²) in [6.45, 7) is 2.64. The standard InChI is InChI=1S/C8H17O5P/c1-2-3-4-8(9)7-13-14(10)11-5-6-12-14/h8-9H,2-7H2,1H3. The first-order chi connectivity index (χ1) is 6.66. The van der Waals surface area contributed by atoms with Crippen LogP contribution in [0.5, 0.6) is 0 Å². The summed E-state index contributed by atoms with van der Waals surface area (Å²) in [6.07, 6.45) is 2.00. The number of hydrogen-bond acceptors (Lipinski definition) is 5. The molecule has 0 saturated carbocycles. The van der Waals surface area contributed by atoms with E-state index < -0.39 is 13.9 Å². The second-order valence-corrected chi connectivity index (χ2v) is 4.87. The van der Waals surface area contributed by atoms with Gasteiger partial charge in [0, 0.05) is 0 Å². The van der Waals surface area contributed by atoms with Crippen molar-refractivity contribution in [2.45, 2.75) is 32.3 Å². The lowest BCUT2D eigenvalue weighted by Gasteiger charge is -2.13. The normalized spacial score (nSPS) is 22.4. The fraction of sp³-hybridized carbons (Fsp3) is 1.00. The molecule has 1 aliphatic rings. The highest BCUT2D eigenvalue weighted by Gasteiger charge is 2.32. The van der Waals surface area contributed by atoms with E-state index in [0.29, 0.717) is 19.6 Å². The van der Waals surface area contributed by atoms with Crippen molar-refractivity contribution in [1.82, 2.24) is 0 Å². The molecule has 6 heteroatoms. The van der Waals surface area contributed by atoms with Crippen molar-refractivity contribution < 1.29 is 23.2 Å². The molecule has 1 saturated heterocycles. The summed E-state index contributed by atoms with van der Waals surface area (Å²) < 4.78 is 25.9. The number of phosphoric acid groups is 1.